The van der Waals surface area contributed by atoms with Crippen LogP contribution in [0.3, 0.4) is 0 Å². The third kappa shape index (κ3) is 4.30. The number of hydrogen-bond donors (Lipinski definition) is 1. The molecule has 0 bridgehead atoms. The van der Waals surface area contributed by atoms with E-state index in [1.54, 1.807) is 6.92 Å². The maximum absolute atomic E-state index is 12.6. The van der Waals surface area contributed by atoms with Crippen LogP contribution in [0.25, 0.3) is 0 Å². The number of rotatable bonds is 5. The third-order valence-electron chi connectivity index (χ3n) is 1.66. The van der Waals surface area contributed by atoms with E-state index in [2.05, 4.69) is 5.32 Å². The van der Waals surface area contributed by atoms with Crippen molar-refractivity contribution in [3.8, 4) is 0 Å². The highest BCUT2D eigenvalue weighted by molar-refractivity contribution is 4.77. The molecule has 1 nitrogen and oxygen atoms in total. The molecule has 0 amide bonds. The van der Waals surface area contributed by atoms with Crippen LogP contribution in [0.15, 0.2) is 0 Å². The standard InChI is InChI=1S/C8H17F2N/c1-4-6-11-7(5-2)8(3,9)10/h7,11H,4-6H2,1-3H3. The predicted octanol–water partition coefficient (Wildman–Crippen LogP) is 2.42. The van der Waals surface area contributed by atoms with E-state index in [4.69, 9.17) is 0 Å². The fourth-order valence-electron chi connectivity index (χ4n) is 1.00. The van der Waals surface area contributed by atoms with E-state index in [1.807, 2.05) is 6.92 Å². The second kappa shape index (κ2) is 4.65. The molecule has 0 aromatic rings. The van der Waals surface area contributed by atoms with Gasteiger partial charge in [0.1, 0.15) is 0 Å². The lowest BCUT2D eigenvalue weighted by Gasteiger charge is -2.23. The Kier molecular flexibility index (Phi) is 4.57. The van der Waals surface area contributed by atoms with Crippen molar-refractivity contribution >= 4 is 0 Å². The molecule has 0 radical (unpaired) electrons. The Bertz CT molecular complexity index is 98.8. The molecule has 1 unspecified atom stereocenters. The molecule has 11 heavy (non-hydrogen) atoms. The van der Waals surface area contributed by atoms with Crippen LogP contribution in [0.2, 0.25) is 0 Å². The molecule has 3 heteroatoms. The zero-order chi connectivity index (χ0) is 8.91. The number of hydrogen-bond acceptors (Lipinski definition) is 1. The molecular formula is C8H17F2N. The summed E-state index contributed by atoms with van der Waals surface area (Å²) in [6.45, 7) is 5.37. The molecule has 0 aromatic heterocycles. The molecule has 1 atom stereocenters. The van der Waals surface area contributed by atoms with Crippen LogP contribution < -0.4 is 5.32 Å². The quantitative estimate of drug-likeness (QED) is 0.659. The summed E-state index contributed by atoms with van der Waals surface area (Å²) in [6.07, 6.45) is 1.37. The maximum Gasteiger partial charge on any atom is 0.260 e. The van der Waals surface area contributed by atoms with Gasteiger partial charge >= 0.3 is 0 Å². The third-order valence-corrected chi connectivity index (χ3v) is 1.66. The summed E-state index contributed by atoms with van der Waals surface area (Å²) in [5.74, 6) is -2.59. The van der Waals surface area contributed by atoms with Crippen molar-refractivity contribution in [3.63, 3.8) is 0 Å². The highest BCUT2D eigenvalue weighted by Gasteiger charge is 2.31. The monoisotopic (exact) mass is 165 g/mol. The lowest BCUT2D eigenvalue weighted by Crippen LogP contribution is -2.42. The molecule has 0 rings (SSSR count). The topological polar surface area (TPSA) is 12.0 Å². The number of alkyl halides is 2. The summed E-state index contributed by atoms with van der Waals surface area (Å²) in [5.41, 5.74) is 0. The molecule has 0 aliphatic carbocycles. The predicted molar refractivity (Wildman–Crippen MR) is 43.0 cm³/mol. The normalized spacial score (nSPS) is 15.0. The van der Waals surface area contributed by atoms with Crippen LogP contribution >= 0.6 is 0 Å². The summed E-state index contributed by atoms with van der Waals surface area (Å²) in [6, 6.07) is -0.664. The molecule has 0 saturated carbocycles. The van der Waals surface area contributed by atoms with Crippen molar-refractivity contribution in [2.45, 2.75) is 45.6 Å². The number of halogens is 2. The van der Waals surface area contributed by atoms with Crippen molar-refractivity contribution in [1.29, 1.82) is 0 Å². The van der Waals surface area contributed by atoms with E-state index < -0.39 is 12.0 Å². The number of nitrogens with one attached hydrogen (secondary N) is 1. The molecule has 0 saturated heterocycles. The fraction of sp³-hybridized carbons (Fsp3) is 1.00. The van der Waals surface area contributed by atoms with Gasteiger partial charge in [-0.1, -0.05) is 13.8 Å². The van der Waals surface area contributed by atoms with E-state index in [0.29, 0.717) is 13.0 Å². The summed E-state index contributed by atoms with van der Waals surface area (Å²) in [4.78, 5) is 0. The van der Waals surface area contributed by atoms with Gasteiger partial charge < -0.3 is 5.32 Å². The smallest absolute Gasteiger partial charge is 0.260 e. The first-order valence-corrected chi connectivity index (χ1v) is 4.13. The van der Waals surface area contributed by atoms with Gasteiger partial charge in [0.2, 0.25) is 0 Å². The van der Waals surface area contributed by atoms with Crippen LogP contribution in [-0.2, 0) is 0 Å². The van der Waals surface area contributed by atoms with Gasteiger partial charge in [-0.05, 0) is 19.4 Å². The van der Waals surface area contributed by atoms with Crippen LogP contribution in [0.5, 0.6) is 0 Å². The minimum absolute atomic E-state index is 0.476. The average Bonchev–Trinajstić information content (AvgIpc) is 1.87. The SMILES string of the molecule is CCCNC(CC)C(C)(F)F. The zero-order valence-corrected chi connectivity index (χ0v) is 7.45. The summed E-state index contributed by atoms with van der Waals surface area (Å²) >= 11 is 0. The average molecular weight is 165 g/mol. The van der Waals surface area contributed by atoms with Crippen molar-refractivity contribution in [3.05, 3.63) is 0 Å². The van der Waals surface area contributed by atoms with Gasteiger partial charge in [0.15, 0.2) is 0 Å². The van der Waals surface area contributed by atoms with E-state index in [9.17, 15) is 8.78 Å². The Hall–Kier alpha value is -0.180. The highest BCUT2D eigenvalue weighted by atomic mass is 19.3. The largest absolute Gasteiger partial charge is 0.309 e. The molecule has 0 heterocycles. The molecule has 0 fully saturated rings. The van der Waals surface area contributed by atoms with E-state index in [0.717, 1.165) is 13.3 Å². The molecule has 0 aromatic carbocycles. The van der Waals surface area contributed by atoms with E-state index in [1.165, 1.54) is 0 Å². The summed E-state index contributed by atoms with van der Waals surface area (Å²) < 4.78 is 25.3. The van der Waals surface area contributed by atoms with Crippen LogP contribution in [0.4, 0.5) is 8.78 Å². The second-order valence-electron chi connectivity index (χ2n) is 2.87. The highest BCUT2D eigenvalue weighted by Crippen LogP contribution is 2.19. The van der Waals surface area contributed by atoms with Gasteiger partial charge in [0, 0.05) is 6.92 Å². The molecular weight excluding hydrogens is 148 g/mol. The minimum atomic E-state index is -2.59. The lowest BCUT2D eigenvalue weighted by atomic mass is 10.1. The zero-order valence-electron chi connectivity index (χ0n) is 7.45. The van der Waals surface area contributed by atoms with Crippen LogP contribution in [0.1, 0.15) is 33.6 Å². The van der Waals surface area contributed by atoms with Crippen molar-refractivity contribution < 1.29 is 8.78 Å². The van der Waals surface area contributed by atoms with Crippen LogP contribution in [0, 0.1) is 0 Å². The van der Waals surface area contributed by atoms with Crippen LogP contribution in [-0.4, -0.2) is 18.5 Å². The van der Waals surface area contributed by atoms with Crippen molar-refractivity contribution in [2.24, 2.45) is 0 Å². The fourth-order valence-corrected chi connectivity index (χ4v) is 1.00. The van der Waals surface area contributed by atoms with Gasteiger partial charge in [0.05, 0.1) is 6.04 Å². The van der Waals surface area contributed by atoms with Gasteiger partial charge in [-0.25, -0.2) is 8.78 Å². The lowest BCUT2D eigenvalue weighted by molar-refractivity contribution is -0.0192. The Balaban J connectivity index is 3.76. The van der Waals surface area contributed by atoms with E-state index >= 15 is 0 Å². The molecule has 0 aliphatic heterocycles. The van der Waals surface area contributed by atoms with Crippen molar-refractivity contribution in [1.82, 2.24) is 5.32 Å². The minimum Gasteiger partial charge on any atom is -0.309 e. The Morgan fingerprint density at radius 3 is 2.18 bits per heavy atom. The van der Waals surface area contributed by atoms with Gasteiger partial charge in [0.25, 0.3) is 5.92 Å². The molecule has 1 N–H and O–H groups in total. The Labute approximate surface area is 67.2 Å². The first kappa shape index (κ1) is 10.8. The molecule has 0 aliphatic rings. The first-order chi connectivity index (χ1) is 5.02. The maximum atomic E-state index is 12.6. The van der Waals surface area contributed by atoms with Gasteiger partial charge in [-0.2, -0.15) is 0 Å². The molecule has 0 spiro atoms. The van der Waals surface area contributed by atoms with Crippen molar-refractivity contribution in [2.75, 3.05) is 6.54 Å². The molecule has 68 valence electrons. The second-order valence-corrected chi connectivity index (χ2v) is 2.87. The first-order valence-electron chi connectivity index (χ1n) is 4.13. The van der Waals surface area contributed by atoms with Gasteiger partial charge in [-0.15, -0.1) is 0 Å². The Morgan fingerprint density at radius 1 is 1.36 bits per heavy atom. The summed E-state index contributed by atoms with van der Waals surface area (Å²) in [5, 5.41) is 2.81. The summed E-state index contributed by atoms with van der Waals surface area (Å²) in [7, 11) is 0. The Morgan fingerprint density at radius 2 is 1.91 bits per heavy atom. The van der Waals surface area contributed by atoms with Gasteiger partial charge in [-0.3, -0.25) is 0 Å². The van der Waals surface area contributed by atoms with E-state index in [-0.39, 0.29) is 0 Å².